The first-order chi connectivity index (χ1) is 12.6. The maximum Gasteiger partial charge on any atom is 0.159 e. The molecule has 1 aromatic heterocycles. The standard InChI is InChI=1S/C17H22Cl2N6O/c18-12-2-3-13(19)14(10-12)24-17-15(20)16(22-11-23-17)21-4-1-5-25-6-8-26-9-7-25/h2-3,10-11H,1,4-9,20H2,(H2,21,22,23,24). The van der Waals surface area contributed by atoms with Crippen LogP contribution in [0.25, 0.3) is 0 Å². The number of benzene rings is 1. The quantitative estimate of drug-likeness (QED) is 0.618. The molecule has 0 saturated carbocycles. The number of morpholine rings is 1. The highest BCUT2D eigenvalue weighted by Crippen LogP contribution is 2.31. The molecule has 26 heavy (non-hydrogen) atoms. The fourth-order valence-electron chi connectivity index (χ4n) is 2.69. The van der Waals surface area contributed by atoms with Crippen molar-refractivity contribution in [3.63, 3.8) is 0 Å². The molecule has 0 radical (unpaired) electrons. The number of anilines is 4. The SMILES string of the molecule is Nc1c(NCCCN2CCOCC2)ncnc1Nc1cc(Cl)ccc1Cl. The van der Waals surface area contributed by atoms with Crippen molar-refractivity contribution in [2.45, 2.75) is 6.42 Å². The Kier molecular flexibility index (Phi) is 6.73. The molecule has 140 valence electrons. The lowest BCUT2D eigenvalue weighted by molar-refractivity contribution is 0.0378. The van der Waals surface area contributed by atoms with E-state index < -0.39 is 0 Å². The third-order valence-electron chi connectivity index (χ3n) is 4.11. The molecule has 3 rings (SSSR count). The smallest absolute Gasteiger partial charge is 0.159 e. The Morgan fingerprint density at radius 3 is 2.73 bits per heavy atom. The van der Waals surface area contributed by atoms with Crippen molar-refractivity contribution < 1.29 is 4.74 Å². The predicted octanol–water partition coefficient (Wildman–Crippen LogP) is 3.24. The first-order valence-corrected chi connectivity index (χ1v) is 9.25. The van der Waals surface area contributed by atoms with Crippen LogP contribution in [0.2, 0.25) is 10.0 Å². The van der Waals surface area contributed by atoms with Gasteiger partial charge in [0, 0.05) is 24.7 Å². The lowest BCUT2D eigenvalue weighted by Crippen LogP contribution is -2.37. The number of nitrogen functional groups attached to an aromatic ring is 1. The van der Waals surface area contributed by atoms with Gasteiger partial charge in [-0.25, -0.2) is 9.97 Å². The summed E-state index contributed by atoms with van der Waals surface area (Å²) in [4.78, 5) is 10.8. The largest absolute Gasteiger partial charge is 0.393 e. The third kappa shape index (κ3) is 5.11. The molecule has 2 heterocycles. The fraction of sp³-hybridized carbons (Fsp3) is 0.412. The van der Waals surface area contributed by atoms with Gasteiger partial charge in [0.05, 0.1) is 23.9 Å². The van der Waals surface area contributed by atoms with Gasteiger partial charge in [0.15, 0.2) is 11.6 Å². The summed E-state index contributed by atoms with van der Waals surface area (Å²) in [5.41, 5.74) is 7.27. The van der Waals surface area contributed by atoms with E-state index in [1.54, 1.807) is 18.2 Å². The average Bonchev–Trinajstić information content (AvgIpc) is 2.65. The van der Waals surface area contributed by atoms with Gasteiger partial charge in [-0.05, 0) is 31.2 Å². The topological polar surface area (TPSA) is 88.3 Å². The van der Waals surface area contributed by atoms with E-state index in [1.165, 1.54) is 6.33 Å². The van der Waals surface area contributed by atoms with E-state index in [2.05, 4.69) is 25.5 Å². The molecule has 0 amide bonds. The van der Waals surface area contributed by atoms with Gasteiger partial charge in [0.1, 0.15) is 12.0 Å². The minimum atomic E-state index is 0.440. The molecule has 4 N–H and O–H groups in total. The van der Waals surface area contributed by atoms with Gasteiger partial charge in [0.2, 0.25) is 0 Å². The summed E-state index contributed by atoms with van der Waals surface area (Å²) in [7, 11) is 0. The minimum Gasteiger partial charge on any atom is -0.393 e. The Labute approximate surface area is 162 Å². The Morgan fingerprint density at radius 2 is 1.92 bits per heavy atom. The molecule has 9 heteroatoms. The van der Waals surface area contributed by atoms with E-state index in [1.807, 2.05) is 0 Å². The third-order valence-corrected chi connectivity index (χ3v) is 4.68. The van der Waals surface area contributed by atoms with Crippen LogP contribution in [0.3, 0.4) is 0 Å². The number of nitrogens with zero attached hydrogens (tertiary/aromatic N) is 3. The molecule has 2 aromatic rings. The van der Waals surface area contributed by atoms with E-state index in [-0.39, 0.29) is 0 Å². The highest BCUT2D eigenvalue weighted by Gasteiger charge is 2.12. The van der Waals surface area contributed by atoms with Crippen LogP contribution < -0.4 is 16.4 Å². The second-order valence-corrected chi connectivity index (χ2v) is 6.81. The normalized spacial score (nSPS) is 15.0. The van der Waals surface area contributed by atoms with Crippen molar-refractivity contribution >= 4 is 46.2 Å². The van der Waals surface area contributed by atoms with Gasteiger partial charge >= 0.3 is 0 Å². The maximum absolute atomic E-state index is 6.19. The van der Waals surface area contributed by atoms with Crippen LogP contribution in [-0.2, 0) is 4.74 Å². The molecular weight excluding hydrogens is 375 g/mol. The molecule has 1 aromatic carbocycles. The lowest BCUT2D eigenvalue weighted by Gasteiger charge is -2.26. The number of aromatic nitrogens is 2. The average molecular weight is 397 g/mol. The summed E-state index contributed by atoms with van der Waals surface area (Å²) >= 11 is 12.2. The van der Waals surface area contributed by atoms with Crippen LogP contribution in [0.15, 0.2) is 24.5 Å². The molecule has 0 spiro atoms. The van der Waals surface area contributed by atoms with Gasteiger partial charge < -0.3 is 21.1 Å². The highest BCUT2D eigenvalue weighted by molar-refractivity contribution is 6.35. The van der Waals surface area contributed by atoms with E-state index in [4.69, 9.17) is 33.7 Å². The van der Waals surface area contributed by atoms with Gasteiger partial charge in [0.25, 0.3) is 0 Å². The maximum atomic E-state index is 6.19. The van der Waals surface area contributed by atoms with E-state index in [0.717, 1.165) is 45.8 Å². The molecule has 7 nitrogen and oxygen atoms in total. The van der Waals surface area contributed by atoms with Crippen molar-refractivity contribution in [3.8, 4) is 0 Å². The molecule has 1 saturated heterocycles. The van der Waals surface area contributed by atoms with Crippen LogP contribution in [0.5, 0.6) is 0 Å². The number of hydrogen-bond acceptors (Lipinski definition) is 7. The first kappa shape index (κ1) is 19.0. The predicted molar refractivity (Wildman–Crippen MR) is 107 cm³/mol. The molecule has 0 aliphatic carbocycles. The summed E-state index contributed by atoms with van der Waals surface area (Å²) in [6.07, 6.45) is 2.45. The Hall–Kier alpha value is -1.80. The van der Waals surface area contributed by atoms with Gasteiger partial charge in [-0.15, -0.1) is 0 Å². The summed E-state index contributed by atoms with van der Waals surface area (Å²) in [6.45, 7) is 5.40. The van der Waals surface area contributed by atoms with Crippen LogP contribution in [-0.4, -0.2) is 54.3 Å². The lowest BCUT2D eigenvalue weighted by atomic mass is 10.3. The van der Waals surface area contributed by atoms with E-state index >= 15 is 0 Å². The minimum absolute atomic E-state index is 0.440. The summed E-state index contributed by atoms with van der Waals surface area (Å²) in [5.74, 6) is 1.09. The van der Waals surface area contributed by atoms with Gasteiger partial charge in [-0.3, -0.25) is 4.90 Å². The Balaban J connectivity index is 1.57. The van der Waals surface area contributed by atoms with E-state index in [0.29, 0.717) is 33.1 Å². The number of ether oxygens (including phenoxy) is 1. The van der Waals surface area contributed by atoms with Crippen molar-refractivity contribution in [3.05, 3.63) is 34.6 Å². The first-order valence-electron chi connectivity index (χ1n) is 8.50. The second-order valence-electron chi connectivity index (χ2n) is 5.97. The van der Waals surface area contributed by atoms with Crippen molar-refractivity contribution in [1.82, 2.24) is 14.9 Å². The molecule has 0 unspecified atom stereocenters. The fourth-order valence-corrected chi connectivity index (χ4v) is 3.03. The van der Waals surface area contributed by atoms with Crippen molar-refractivity contribution in [1.29, 1.82) is 0 Å². The number of nitrogens with one attached hydrogen (secondary N) is 2. The summed E-state index contributed by atoms with van der Waals surface area (Å²) in [6, 6.07) is 5.16. The Bertz CT molecular complexity index is 739. The number of nitrogens with two attached hydrogens (primary N) is 1. The summed E-state index contributed by atoms with van der Waals surface area (Å²) in [5, 5.41) is 7.49. The molecule has 0 bridgehead atoms. The molecule has 0 atom stereocenters. The molecule has 1 aliphatic rings. The zero-order valence-electron chi connectivity index (χ0n) is 14.3. The zero-order chi connectivity index (χ0) is 18.4. The van der Waals surface area contributed by atoms with Crippen molar-refractivity contribution in [2.75, 3.05) is 55.8 Å². The van der Waals surface area contributed by atoms with Crippen molar-refractivity contribution in [2.24, 2.45) is 0 Å². The van der Waals surface area contributed by atoms with Crippen LogP contribution in [0.4, 0.5) is 23.0 Å². The highest BCUT2D eigenvalue weighted by atomic mass is 35.5. The summed E-state index contributed by atoms with van der Waals surface area (Å²) < 4.78 is 5.35. The van der Waals surface area contributed by atoms with Gasteiger partial charge in [-0.2, -0.15) is 0 Å². The number of hydrogen-bond donors (Lipinski definition) is 3. The second kappa shape index (κ2) is 9.23. The Morgan fingerprint density at radius 1 is 1.15 bits per heavy atom. The molecule has 1 aliphatic heterocycles. The monoisotopic (exact) mass is 396 g/mol. The van der Waals surface area contributed by atoms with Crippen LogP contribution in [0, 0.1) is 0 Å². The molecular formula is C17H22Cl2N6O. The zero-order valence-corrected chi connectivity index (χ0v) is 15.9. The van der Waals surface area contributed by atoms with Gasteiger partial charge in [-0.1, -0.05) is 23.2 Å². The van der Waals surface area contributed by atoms with Crippen LogP contribution >= 0.6 is 23.2 Å². The van der Waals surface area contributed by atoms with E-state index in [9.17, 15) is 0 Å². The number of halogens is 2. The molecule has 1 fully saturated rings. The van der Waals surface area contributed by atoms with Crippen LogP contribution in [0.1, 0.15) is 6.42 Å². The number of rotatable bonds is 7.